The smallest absolute Gasteiger partial charge is 0.194 e. The van der Waals surface area contributed by atoms with Crippen molar-refractivity contribution < 1.29 is 4.63 Å². The Morgan fingerprint density at radius 3 is 2.64 bits per heavy atom. The monoisotopic (exact) mass is 189 g/mol. The molecule has 0 fully saturated rings. The highest BCUT2D eigenvalue weighted by molar-refractivity contribution is 5.37. The number of anilines is 1. The van der Waals surface area contributed by atoms with Crippen LogP contribution in [-0.4, -0.2) is 10.3 Å². The normalized spacial score (nSPS) is 10.1. The van der Waals surface area contributed by atoms with Gasteiger partial charge >= 0.3 is 0 Å². The van der Waals surface area contributed by atoms with Gasteiger partial charge in [0.1, 0.15) is 5.69 Å². The summed E-state index contributed by atoms with van der Waals surface area (Å²) in [6, 6.07) is 10.1. The second-order valence-electron chi connectivity index (χ2n) is 3.04. The third-order valence-corrected chi connectivity index (χ3v) is 1.96. The molecular weight excluding hydrogens is 178 g/mol. The lowest BCUT2D eigenvalue weighted by Gasteiger charge is -2.01. The molecule has 1 aromatic carbocycles. The third-order valence-electron chi connectivity index (χ3n) is 1.96. The van der Waals surface area contributed by atoms with Crippen LogP contribution in [0.4, 0.5) is 5.82 Å². The van der Waals surface area contributed by atoms with Crippen LogP contribution in [0.1, 0.15) is 11.3 Å². The van der Waals surface area contributed by atoms with Crippen LogP contribution >= 0.6 is 0 Å². The van der Waals surface area contributed by atoms with Crippen molar-refractivity contribution in [3.05, 3.63) is 41.6 Å². The average molecular weight is 189 g/mol. The number of hydrogen-bond acceptors (Lipinski definition) is 4. The minimum absolute atomic E-state index is 0.703. The van der Waals surface area contributed by atoms with Crippen LogP contribution in [0, 0.1) is 6.92 Å². The van der Waals surface area contributed by atoms with E-state index in [9.17, 15) is 0 Å². The van der Waals surface area contributed by atoms with E-state index in [1.165, 1.54) is 5.56 Å². The van der Waals surface area contributed by atoms with Crippen molar-refractivity contribution in [1.82, 2.24) is 10.3 Å². The fourth-order valence-corrected chi connectivity index (χ4v) is 1.17. The molecule has 0 unspecified atom stereocenters. The number of benzene rings is 1. The summed E-state index contributed by atoms with van der Waals surface area (Å²) in [5, 5.41) is 10.6. The first-order valence-electron chi connectivity index (χ1n) is 4.43. The van der Waals surface area contributed by atoms with E-state index in [0.717, 1.165) is 12.2 Å². The van der Waals surface area contributed by atoms with E-state index >= 15 is 0 Å². The first kappa shape index (κ1) is 8.74. The number of nitrogens with zero attached hydrogens (tertiary/aromatic N) is 2. The molecule has 72 valence electrons. The molecule has 2 aromatic rings. The Hall–Kier alpha value is -1.84. The molecule has 4 heteroatoms. The lowest BCUT2D eigenvalue weighted by Crippen LogP contribution is -2.00. The highest BCUT2D eigenvalue weighted by atomic mass is 16.6. The molecule has 1 heterocycles. The maximum absolute atomic E-state index is 4.57. The molecule has 0 saturated carbocycles. The average Bonchev–Trinajstić information content (AvgIpc) is 2.63. The van der Waals surface area contributed by atoms with Crippen molar-refractivity contribution in [1.29, 1.82) is 0 Å². The van der Waals surface area contributed by atoms with E-state index < -0.39 is 0 Å². The minimum Gasteiger partial charge on any atom is -0.362 e. The summed E-state index contributed by atoms with van der Waals surface area (Å²) in [6.45, 7) is 2.58. The molecule has 0 atom stereocenters. The first-order chi connectivity index (χ1) is 6.86. The Morgan fingerprint density at radius 2 is 2.00 bits per heavy atom. The molecule has 0 aliphatic heterocycles. The van der Waals surface area contributed by atoms with Gasteiger partial charge in [0.05, 0.1) is 0 Å². The number of nitrogens with one attached hydrogen (secondary N) is 1. The van der Waals surface area contributed by atoms with Gasteiger partial charge in [-0.25, -0.2) is 4.63 Å². The maximum atomic E-state index is 4.57. The van der Waals surface area contributed by atoms with Gasteiger partial charge in [0.25, 0.3) is 0 Å². The molecule has 1 aromatic heterocycles. The van der Waals surface area contributed by atoms with Crippen molar-refractivity contribution in [3.63, 3.8) is 0 Å². The van der Waals surface area contributed by atoms with Crippen LogP contribution in [-0.2, 0) is 6.54 Å². The fraction of sp³-hybridized carbons (Fsp3) is 0.200. The molecular formula is C10H11N3O. The Bertz CT molecular complexity index is 397. The van der Waals surface area contributed by atoms with Gasteiger partial charge in [-0.05, 0) is 17.6 Å². The molecule has 0 amide bonds. The lowest BCUT2D eigenvalue weighted by molar-refractivity contribution is 0.306. The van der Waals surface area contributed by atoms with E-state index in [1.54, 1.807) is 0 Å². The Kier molecular flexibility index (Phi) is 2.44. The molecule has 0 aliphatic carbocycles. The zero-order valence-electron chi connectivity index (χ0n) is 7.90. The van der Waals surface area contributed by atoms with E-state index in [2.05, 4.69) is 32.4 Å². The van der Waals surface area contributed by atoms with Crippen LogP contribution < -0.4 is 5.32 Å². The second-order valence-corrected chi connectivity index (χ2v) is 3.04. The molecule has 0 saturated heterocycles. The van der Waals surface area contributed by atoms with Crippen molar-refractivity contribution in [2.45, 2.75) is 13.5 Å². The van der Waals surface area contributed by atoms with Crippen LogP contribution in [0.3, 0.4) is 0 Å². The van der Waals surface area contributed by atoms with Crippen molar-refractivity contribution >= 4 is 5.82 Å². The summed E-state index contributed by atoms with van der Waals surface area (Å²) in [4.78, 5) is 0. The molecule has 0 bridgehead atoms. The standard InChI is InChI=1S/C10H11N3O/c1-8-10(13-14-12-8)11-7-9-5-3-2-4-6-9/h2-6H,7H2,1H3,(H,11,13). The summed E-state index contributed by atoms with van der Waals surface area (Å²) in [5.41, 5.74) is 1.98. The number of aryl methyl sites for hydroxylation is 1. The molecule has 0 radical (unpaired) electrons. The molecule has 14 heavy (non-hydrogen) atoms. The summed E-state index contributed by atoms with van der Waals surface area (Å²) < 4.78 is 4.57. The Labute approximate surface area is 81.9 Å². The van der Waals surface area contributed by atoms with Crippen molar-refractivity contribution in [2.75, 3.05) is 5.32 Å². The summed E-state index contributed by atoms with van der Waals surface area (Å²) in [7, 11) is 0. The zero-order valence-corrected chi connectivity index (χ0v) is 7.90. The van der Waals surface area contributed by atoms with Crippen molar-refractivity contribution in [2.24, 2.45) is 0 Å². The van der Waals surface area contributed by atoms with Gasteiger partial charge in [0, 0.05) is 6.54 Å². The first-order valence-corrected chi connectivity index (χ1v) is 4.43. The Balaban J connectivity index is 1.99. The molecule has 0 spiro atoms. The predicted molar refractivity (Wildman–Crippen MR) is 52.8 cm³/mol. The SMILES string of the molecule is Cc1nonc1NCc1ccccc1. The van der Waals surface area contributed by atoms with E-state index in [4.69, 9.17) is 0 Å². The minimum atomic E-state index is 0.703. The summed E-state index contributed by atoms with van der Waals surface area (Å²) in [6.07, 6.45) is 0. The van der Waals surface area contributed by atoms with Crippen LogP contribution in [0.5, 0.6) is 0 Å². The lowest BCUT2D eigenvalue weighted by atomic mass is 10.2. The Morgan fingerprint density at radius 1 is 1.21 bits per heavy atom. The molecule has 1 N–H and O–H groups in total. The van der Waals surface area contributed by atoms with Crippen LogP contribution in [0.15, 0.2) is 35.0 Å². The van der Waals surface area contributed by atoms with Crippen molar-refractivity contribution in [3.8, 4) is 0 Å². The number of aromatic nitrogens is 2. The number of rotatable bonds is 3. The maximum Gasteiger partial charge on any atom is 0.194 e. The zero-order chi connectivity index (χ0) is 9.80. The quantitative estimate of drug-likeness (QED) is 0.802. The molecule has 4 nitrogen and oxygen atoms in total. The third kappa shape index (κ3) is 1.90. The fourth-order valence-electron chi connectivity index (χ4n) is 1.17. The van der Waals surface area contributed by atoms with Crippen LogP contribution in [0.25, 0.3) is 0 Å². The van der Waals surface area contributed by atoms with E-state index in [-0.39, 0.29) is 0 Å². The predicted octanol–water partition coefficient (Wildman–Crippen LogP) is 1.99. The van der Waals surface area contributed by atoms with Gasteiger partial charge in [-0.3, -0.25) is 0 Å². The van der Waals surface area contributed by atoms with Gasteiger partial charge in [0.2, 0.25) is 0 Å². The summed E-state index contributed by atoms with van der Waals surface area (Å²) in [5.74, 6) is 0.703. The number of hydrogen-bond donors (Lipinski definition) is 1. The second kappa shape index (κ2) is 3.91. The largest absolute Gasteiger partial charge is 0.362 e. The molecule has 2 rings (SSSR count). The molecule has 0 aliphatic rings. The van der Waals surface area contributed by atoms with Crippen LogP contribution in [0.2, 0.25) is 0 Å². The van der Waals surface area contributed by atoms with Gasteiger partial charge in [-0.2, -0.15) is 0 Å². The van der Waals surface area contributed by atoms with Gasteiger partial charge < -0.3 is 5.32 Å². The van der Waals surface area contributed by atoms with Gasteiger partial charge in [-0.1, -0.05) is 35.5 Å². The van der Waals surface area contributed by atoms with E-state index in [0.29, 0.717) is 5.82 Å². The summed E-state index contributed by atoms with van der Waals surface area (Å²) >= 11 is 0. The highest BCUT2D eigenvalue weighted by Crippen LogP contribution is 2.09. The topological polar surface area (TPSA) is 51.0 Å². The highest BCUT2D eigenvalue weighted by Gasteiger charge is 2.02. The van der Waals surface area contributed by atoms with E-state index in [1.807, 2.05) is 25.1 Å². The van der Waals surface area contributed by atoms with Gasteiger partial charge in [-0.15, -0.1) is 0 Å². The van der Waals surface area contributed by atoms with Gasteiger partial charge in [0.15, 0.2) is 5.82 Å².